The molecule has 1 N–H and O–H groups in total. The normalized spacial score (nSPS) is 10.5. The molecule has 0 spiro atoms. The van der Waals surface area contributed by atoms with E-state index >= 15 is 0 Å². The van der Waals surface area contributed by atoms with Crippen LogP contribution in [0.3, 0.4) is 0 Å². The summed E-state index contributed by atoms with van der Waals surface area (Å²) in [5.74, 6) is -0.0660. The van der Waals surface area contributed by atoms with Gasteiger partial charge in [0.15, 0.2) is 12.4 Å². The summed E-state index contributed by atoms with van der Waals surface area (Å²) >= 11 is 6.05. The molecule has 0 aliphatic heterocycles. The number of anilines is 1. The summed E-state index contributed by atoms with van der Waals surface area (Å²) in [6, 6.07) is 17.8. The number of carbonyl (C=O) groups is 1. The lowest BCUT2D eigenvalue weighted by Crippen LogP contribution is -2.39. The van der Waals surface area contributed by atoms with E-state index in [1.807, 2.05) is 73.3 Å². The van der Waals surface area contributed by atoms with E-state index in [1.54, 1.807) is 0 Å². The standard InChI is InChI=1S/C21H19ClN2O/c1-15-11-19(22)12-16(2)21(15)23-20(25)14-24-10-6-9-18(13-24)17-7-4-3-5-8-17/h3-13H,14H2,1-2H3/p+1. The number of pyridine rings is 1. The maximum Gasteiger partial charge on any atom is 0.290 e. The van der Waals surface area contributed by atoms with Crippen LogP contribution in [0, 0.1) is 13.8 Å². The minimum absolute atomic E-state index is 0.0660. The Morgan fingerprint density at radius 3 is 2.32 bits per heavy atom. The number of nitrogens with zero attached hydrogens (tertiary/aromatic N) is 1. The van der Waals surface area contributed by atoms with Crippen LogP contribution >= 0.6 is 11.6 Å². The predicted octanol–water partition coefficient (Wildman–Crippen LogP) is 4.55. The van der Waals surface area contributed by atoms with Crippen LogP contribution in [0.4, 0.5) is 5.69 Å². The van der Waals surface area contributed by atoms with Crippen LogP contribution in [-0.2, 0) is 11.3 Å². The summed E-state index contributed by atoms with van der Waals surface area (Å²) in [6.45, 7) is 4.14. The molecule has 2 aromatic carbocycles. The lowest BCUT2D eigenvalue weighted by atomic mass is 10.1. The zero-order valence-electron chi connectivity index (χ0n) is 14.3. The summed E-state index contributed by atoms with van der Waals surface area (Å²) < 4.78 is 1.89. The van der Waals surface area contributed by atoms with Gasteiger partial charge in [-0.1, -0.05) is 41.9 Å². The van der Waals surface area contributed by atoms with Gasteiger partial charge in [0.25, 0.3) is 5.91 Å². The maximum absolute atomic E-state index is 12.5. The number of hydrogen-bond acceptors (Lipinski definition) is 1. The van der Waals surface area contributed by atoms with Gasteiger partial charge in [-0.25, -0.2) is 0 Å². The SMILES string of the molecule is Cc1cc(Cl)cc(C)c1NC(=O)C[n+]1cccc(-c2ccccc2)c1. The average Bonchev–Trinajstić information content (AvgIpc) is 2.59. The second kappa shape index (κ2) is 7.49. The number of nitrogens with one attached hydrogen (secondary N) is 1. The van der Waals surface area contributed by atoms with Gasteiger partial charge in [0.05, 0.1) is 0 Å². The highest BCUT2D eigenvalue weighted by molar-refractivity contribution is 6.30. The van der Waals surface area contributed by atoms with Crippen molar-refractivity contribution in [3.05, 3.63) is 83.1 Å². The minimum atomic E-state index is -0.0660. The van der Waals surface area contributed by atoms with Gasteiger partial charge >= 0.3 is 0 Å². The number of aromatic nitrogens is 1. The van der Waals surface area contributed by atoms with Gasteiger partial charge in [-0.15, -0.1) is 0 Å². The third-order valence-electron chi connectivity index (χ3n) is 4.05. The molecule has 126 valence electrons. The molecule has 3 nitrogen and oxygen atoms in total. The van der Waals surface area contributed by atoms with Crippen molar-refractivity contribution in [3.8, 4) is 11.1 Å². The Morgan fingerprint density at radius 1 is 1.00 bits per heavy atom. The molecule has 3 rings (SSSR count). The molecule has 0 aliphatic carbocycles. The van der Waals surface area contributed by atoms with Crippen LogP contribution < -0.4 is 9.88 Å². The van der Waals surface area contributed by atoms with E-state index in [0.29, 0.717) is 5.02 Å². The Labute approximate surface area is 152 Å². The van der Waals surface area contributed by atoms with E-state index in [0.717, 1.165) is 27.9 Å². The third kappa shape index (κ3) is 4.25. The van der Waals surface area contributed by atoms with Gasteiger partial charge in [0, 0.05) is 22.3 Å². The monoisotopic (exact) mass is 351 g/mol. The van der Waals surface area contributed by atoms with E-state index in [4.69, 9.17) is 11.6 Å². The van der Waals surface area contributed by atoms with E-state index < -0.39 is 0 Å². The Bertz CT molecular complexity index is 884. The number of halogens is 1. The minimum Gasteiger partial charge on any atom is -0.320 e. The van der Waals surface area contributed by atoms with Crippen LogP contribution in [-0.4, -0.2) is 5.91 Å². The van der Waals surface area contributed by atoms with Crippen molar-refractivity contribution >= 4 is 23.2 Å². The second-order valence-corrected chi connectivity index (χ2v) is 6.53. The summed E-state index contributed by atoms with van der Waals surface area (Å²) in [6.07, 6.45) is 3.88. The van der Waals surface area contributed by atoms with E-state index in [1.165, 1.54) is 0 Å². The van der Waals surface area contributed by atoms with Gasteiger partial charge in [0.2, 0.25) is 6.54 Å². The second-order valence-electron chi connectivity index (χ2n) is 6.09. The molecular weight excluding hydrogens is 332 g/mol. The van der Waals surface area contributed by atoms with Crippen molar-refractivity contribution in [2.75, 3.05) is 5.32 Å². The summed E-state index contributed by atoms with van der Waals surface area (Å²) in [4.78, 5) is 12.5. The fourth-order valence-electron chi connectivity index (χ4n) is 2.87. The number of aryl methyl sites for hydroxylation is 2. The van der Waals surface area contributed by atoms with Crippen LogP contribution in [0.15, 0.2) is 67.0 Å². The molecule has 3 aromatic rings. The Balaban J connectivity index is 1.76. The fourth-order valence-corrected chi connectivity index (χ4v) is 3.20. The quantitative estimate of drug-likeness (QED) is 0.687. The van der Waals surface area contributed by atoms with Crippen LogP contribution in [0.25, 0.3) is 11.1 Å². The first kappa shape index (κ1) is 17.2. The molecule has 0 radical (unpaired) electrons. The zero-order valence-corrected chi connectivity index (χ0v) is 15.0. The molecule has 0 unspecified atom stereocenters. The molecule has 0 fully saturated rings. The highest BCUT2D eigenvalue weighted by atomic mass is 35.5. The molecule has 1 aromatic heterocycles. The largest absolute Gasteiger partial charge is 0.320 e. The van der Waals surface area contributed by atoms with Crippen LogP contribution in [0.1, 0.15) is 11.1 Å². The van der Waals surface area contributed by atoms with Crippen molar-refractivity contribution < 1.29 is 9.36 Å². The maximum atomic E-state index is 12.5. The first-order valence-corrected chi connectivity index (χ1v) is 8.52. The molecule has 4 heteroatoms. The molecular formula is C21H20ClN2O+. The van der Waals surface area contributed by atoms with Gasteiger partial charge in [0.1, 0.15) is 0 Å². The molecule has 0 aliphatic rings. The highest BCUT2D eigenvalue weighted by Crippen LogP contribution is 2.24. The van der Waals surface area contributed by atoms with Crippen LogP contribution in [0.2, 0.25) is 5.02 Å². The van der Waals surface area contributed by atoms with E-state index in [2.05, 4.69) is 17.4 Å². The number of amides is 1. The van der Waals surface area contributed by atoms with Crippen molar-refractivity contribution in [1.29, 1.82) is 0 Å². The van der Waals surface area contributed by atoms with Gasteiger partial charge in [-0.2, -0.15) is 4.57 Å². The summed E-state index contributed by atoms with van der Waals surface area (Å²) in [5, 5.41) is 3.67. The smallest absolute Gasteiger partial charge is 0.290 e. The summed E-state index contributed by atoms with van der Waals surface area (Å²) in [5.41, 5.74) is 4.95. The van der Waals surface area contributed by atoms with Gasteiger partial charge in [-0.05, 0) is 48.7 Å². The molecule has 0 atom stereocenters. The fraction of sp³-hybridized carbons (Fsp3) is 0.143. The van der Waals surface area contributed by atoms with E-state index in [9.17, 15) is 4.79 Å². The molecule has 0 saturated carbocycles. The number of hydrogen-bond donors (Lipinski definition) is 1. The third-order valence-corrected chi connectivity index (χ3v) is 4.27. The van der Waals surface area contributed by atoms with Crippen molar-refractivity contribution in [2.24, 2.45) is 0 Å². The number of carbonyl (C=O) groups excluding carboxylic acids is 1. The Kier molecular flexibility index (Phi) is 5.15. The molecule has 0 bridgehead atoms. The lowest BCUT2D eigenvalue weighted by molar-refractivity contribution is -0.683. The predicted molar refractivity (Wildman–Crippen MR) is 102 cm³/mol. The molecule has 25 heavy (non-hydrogen) atoms. The Hall–Kier alpha value is -2.65. The highest BCUT2D eigenvalue weighted by Gasteiger charge is 2.14. The van der Waals surface area contributed by atoms with Crippen LogP contribution in [0.5, 0.6) is 0 Å². The van der Waals surface area contributed by atoms with Gasteiger partial charge < -0.3 is 5.32 Å². The van der Waals surface area contributed by atoms with Crippen molar-refractivity contribution in [3.63, 3.8) is 0 Å². The van der Waals surface area contributed by atoms with Crippen molar-refractivity contribution in [1.82, 2.24) is 0 Å². The average molecular weight is 352 g/mol. The summed E-state index contributed by atoms with van der Waals surface area (Å²) in [7, 11) is 0. The van der Waals surface area contributed by atoms with Gasteiger partial charge in [-0.3, -0.25) is 4.79 Å². The number of benzene rings is 2. The topological polar surface area (TPSA) is 33.0 Å². The van der Waals surface area contributed by atoms with Crippen molar-refractivity contribution in [2.45, 2.75) is 20.4 Å². The van der Waals surface area contributed by atoms with E-state index in [-0.39, 0.29) is 12.5 Å². The Morgan fingerprint density at radius 2 is 1.64 bits per heavy atom. The first-order valence-electron chi connectivity index (χ1n) is 8.14. The first-order chi connectivity index (χ1) is 12.0. The molecule has 1 amide bonds. The molecule has 1 heterocycles. The molecule has 0 saturated heterocycles. The zero-order chi connectivity index (χ0) is 17.8. The number of rotatable bonds is 4. The lowest BCUT2D eigenvalue weighted by Gasteiger charge is -2.11.